The molecule has 0 aliphatic heterocycles. The summed E-state index contributed by atoms with van der Waals surface area (Å²) in [6.07, 6.45) is 3.91. The molecule has 4 heteroatoms. The van der Waals surface area contributed by atoms with Crippen molar-refractivity contribution >= 4 is 15.9 Å². The van der Waals surface area contributed by atoms with E-state index in [1.807, 2.05) is 12.1 Å². The summed E-state index contributed by atoms with van der Waals surface area (Å²) in [7, 11) is 0. The Morgan fingerprint density at radius 3 is 2.56 bits per heavy atom. The van der Waals surface area contributed by atoms with E-state index in [1.165, 1.54) is 0 Å². The molecule has 0 saturated heterocycles. The standard InChI is InChI=1S/C12H20BrN3/c1-12(2,3)7-6-11(16-14)10-5-4-9(13)8-15-10/h4-5,8,11,16H,6-7,14H2,1-3H3. The highest BCUT2D eigenvalue weighted by molar-refractivity contribution is 9.10. The molecule has 0 saturated carbocycles. The van der Waals surface area contributed by atoms with Crippen molar-refractivity contribution in [3.63, 3.8) is 0 Å². The number of hydrazine groups is 1. The lowest BCUT2D eigenvalue weighted by Gasteiger charge is -2.22. The van der Waals surface area contributed by atoms with Crippen LogP contribution in [0.4, 0.5) is 0 Å². The van der Waals surface area contributed by atoms with Crippen LogP contribution in [0.25, 0.3) is 0 Å². The van der Waals surface area contributed by atoms with E-state index in [2.05, 4.69) is 47.1 Å². The van der Waals surface area contributed by atoms with E-state index < -0.39 is 0 Å². The number of nitrogens with two attached hydrogens (primary N) is 1. The van der Waals surface area contributed by atoms with Gasteiger partial charge in [-0.2, -0.15) is 0 Å². The number of rotatable bonds is 4. The Bertz CT molecular complexity index is 316. The predicted octanol–water partition coefficient (Wildman–Crippen LogP) is 3.17. The molecule has 0 spiro atoms. The van der Waals surface area contributed by atoms with Crippen LogP contribution in [0, 0.1) is 5.41 Å². The van der Waals surface area contributed by atoms with Crippen molar-refractivity contribution < 1.29 is 0 Å². The average Bonchev–Trinajstić information content (AvgIpc) is 2.20. The molecule has 3 N–H and O–H groups in total. The molecule has 0 fully saturated rings. The van der Waals surface area contributed by atoms with Gasteiger partial charge in [0.05, 0.1) is 11.7 Å². The van der Waals surface area contributed by atoms with Gasteiger partial charge in [-0.05, 0) is 46.3 Å². The third-order valence-corrected chi connectivity index (χ3v) is 2.96. The summed E-state index contributed by atoms with van der Waals surface area (Å²) in [5, 5.41) is 0. The van der Waals surface area contributed by atoms with Crippen molar-refractivity contribution in [1.29, 1.82) is 0 Å². The maximum atomic E-state index is 5.57. The van der Waals surface area contributed by atoms with Crippen molar-refractivity contribution in [3.8, 4) is 0 Å². The topological polar surface area (TPSA) is 50.9 Å². The van der Waals surface area contributed by atoms with Gasteiger partial charge in [-0.3, -0.25) is 16.3 Å². The highest BCUT2D eigenvalue weighted by Crippen LogP contribution is 2.26. The minimum Gasteiger partial charge on any atom is -0.271 e. The lowest BCUT2D eigenvalue weighted by molar-refractivity contribution is 0.331. The molecule has 0 aliphatic rings. The van der Waals surface area contributed by atoms with Gasteiger partial charge in [0.15, 0.2) is 0 Å². The SMILES string of the molecule is CC(C)(C)CCC(NN)c1ccc(Br)cn1. The molecule has 0 radical (unpaired) electrons. The first-order valence-corrected chi connectivity index (χ1v) is 6.29. The molecule has 0 aromatic carbocycles. The van der Waals surface area contributed by atoms with Crippen molar-refractivity contribution in [3.05, 3.63) is 28.5 Å². The zero-order valence-corrected chi connectivity index (χ0v) is 11.7. The van der Waals surface area contributed by atoms with Crippen molar-refractivity contribution in [1.82, 2.24) is 10.4 Å². The largest absolute Gasteiger partial charge is 0.271 e. The summed E-state index contributed by atoms with van der Waals surface area (Å²) in [5.41, 5.74) is 4.15. The molecule has 1 heterocycles. The number of nitrogens with zero attached hydrogens (tertiary/aromatic N) is 1. The van der Waals surface area contributed by atoms with E-state index in [-0.39, 0.29) is 6.04 Å². The number of pyridine rings is 1. The number of halogens is 1. The minimum atomic E-state index is 0.132. The normalized spacial score (nSPS) is 13.8. The molecule has 0 amide bonds. The first kappa shape index (κ1) is 13.6. The molecule has 1 aromatic heterocycles. The molecule has 1 rings (SSSR count). The Morgan fingerprint density at radius 1 is 1.44 bits per heavy atom. The maximum Gasteiger partial charge on any atom is 0.0632 e. The van der Waals surface area contributed by atoms with Gasteiger partial charge in [0.25, 0.3) is 0 Å². The molecule has 90 valence electrons. The van der Waals surface area contributed by atoms with Crippen molar-refractivity contribution in [2.45, 2.75) is 39.7 Å². The Labute approximate surface area is 106 Å². The predicted molar refractivity (Wildman–Crippen MR) is 70.7 cm³/mol. The molecular formula is C12H20BrN3. The molecule has 16 heavy (non-hydrogen) atoms. The maximum absolute atomic E-state index is 5.57. The fourth-order valence-electron chi connectivity index (χ4n) is 1.49. The fraction of sp³-hybridized carbons (Fsp3) is 0.583. The van der Waals surface area contributed by atoms with Gasteiger partial charge in [-0.25, -0.2) is 0 Å². The van der Waals surface area contributed by atoms with E-state index in [4.69, 9.17) is 5.84 Å². The van der Waals surface area contributed by atoms with Gasteiger partial charge in [0, 0.05) is 10.7 Å². The first-order chi connectivity index (χ1) is 7.42. The number of nitrogens with one attached hydrogen (secondary N) is 1. The van der Waals surface area contributed by atoms with E-state index >= 15 is 0 Å². The summed E-state index contributed by atoms with van der Waals surface area (Å²) in [5.74, 6) is 5.57. The highest BCUT2D eigenvalue weighted by Gasteiger charge is 2.16. The lowest BCUT2D eigenvalue weighted by atomic mass is 9.88. The second kappa shape index (κ2) is 5.75. The monoisotopic (exact) mass is 285 g/mol. The van der Waals surface area contributed by atoms with Gasteiger partial charge in [-0.15, -0.1) is 0 Å². The summed E-state index contributed by atoms with van der Waals surface area (Å²) in [6, 6.07) is 4.12. The number of aromatic nitrogens is 1. The van der Waals surface area contributed by atoms with Crippen LogP contribution in [-0.4, -0.2) is 4.98 Å². The third-order valence-electron chi connectivity index (χ3n) is 2.49. The van der Waals surface area contributed by atoms with Crippen LogP contribution >= 0.6 is 15.9 Å². The molecule has 1 unspecified atom stereocenters. The van der Waals surface area contributed by atoms with Gasteiger partial charge < -0.3 is 0 Å². The summed E-state index contributed by atoms with van der Waals surface area (Å²) in [4.78, 5) is 4.36. The summed E-state index contributed by atoms with van der Waals surface area (Å²) < 4.78 is 0.989. The Kier molecular flexibility index (Phi) is 4.89. The Morgan fingerprint density at radius 2 is 2.12 bits per heavy atom. The van der Waals surface area contributed by atoms with Crippen molar-refractivity contribution in [2.75, 3.05) is 0 Å². The lowest BCUT2D eigenvalue weighted by Crippen LogP contribution is -2.29. The third kappa shape index (κ3) is 4.60. The van der Waals surface area contributed by atoms with Crippen LogP contribution in [0.1, 0.15) is 45.3 Å². The summed E-state index contributed by atoms with van der Waals surface area (Å²) in [6.45, 7) is 6.70. The quantitative estimate of drug-likeness (QED) is 0.660. The van der Waals surface area contributed by atoms with Gasteiger partial charge >= 0.3 is 0 Å². The average molecular weight is 286 g/mol. The molecule has 3 nitrogen and oxygen atoms in total. The summed E-state index contributed by atoms with van der Waals surface area (Å²) >= 11 is 3.37. The highest BCUT2D eigenvalue weighted by atomic mass is 79.9. The van der Waals surface area contributed by atoms with Crippen molar-refractivity contribution in [2.24, 2.45) is 11.3 Å². The second-order valence-corrected chi connectivity index (χ2v) is 6.14. The molecule has 0 bridgehead atoms. The molecule has 0 aliphatic carbocycles. The molecule has 1 aromatic rings. The minimum absolute atomic E-state index is 0.132. The second-order valence-electron chi connectivity index (χ2n) is 5.22. The first-order valence-electron chi connectivity index (χ1n) is 5.50. The van der Waals surface area contributed by atoms with Crippen LogP contribution in [0.3, 0.4) is 0 Å². The van der Waals surface area contributed by atoms with E-state index in [1.54, 1.807) is 6.20 Å². The van der Waals surface area contributed by atoms with Crippen LogP contribution in [0.5, 0.6) is 0 Å². The van der Waals surface area contributed by atoms with E-state index in [9.17, 15) is 0 Å². The Balaban J connectivity index is 2.64. The van der Waals surface area contributed by atoms with E-state index in [0.717, 1.165) is 23.0 Å². The molecular weight excluding hydrogens is 266 g/mol. The van der Waals surface area contributed by atoms with Crippen LogP contribution < -0.4 is 11.3 Å². The Hall–Kier alpha value is -0.450. The van der Waals surface area contributed by atoms with Gasteiger partial charge in [0.2, 0.25) is 0 Å². The van der Waals surface area contributed by atoms with Gasteiger partial charge in [-0.1, -0.05) is 20.8 Å². The number of hydrogen-bond acceptors (Lipinski definition) is 3. The van der Waals surface area contributed by atoms with Crippen LogP contribution in [0.15, 0.2) is 22.8 Å². The fourth-order valence-corrected chi connectivity index (χ4v) is 1.72. The molecule has 1 atom stereocenters. The van der Waals surface area contributed by atoms with Gasteiger partial charge in [0.1, 0.15) is 0 Å². The van der Waals surface area contributed by atoms with Crippen LogP contribution in [-0.2, 0) is 0 Å². The number of hydrogen-bond donors (Lipinski definition) is 2. The zero-order valence-electron chi connectivity index (χ0n) is 10.1. The van der Waals surface area contributed by atoms with Crippen LogP contribution in [0.2, 0.25) is 0 Å². The zero-order chi connectivity index (χ0) is 12.2. The van der Waals surface area contributed by atoms with E-state index in [0.29, 0.717) is 5.41 Å². The smallest absolute Gasteiger partial charge is 0.0632 e.